The molecule has 122 valence electrons. The fourth-order valence-corrected chi connectivity index (χ4v) is 3.20. The lowest BCUT2D eigenvalue weighted by Crippen LogP contribution is -2.24. The molecule has 0 fully saturated rings. The van der Waals surface area contributed by atoms with Crippen molar-refractivity contribution in [1.29, 1.82) is 0 Å². The number of nitrogens with one attached hydrogen (secondary N) is 1. The zero-order valence-electron chi connectivity index (χ0n) is 12.9. The van der Waals surface area contributed by atoms with Crippen LogP contribution in [0.1, 0.15) is 5.56 Å². The highest BCUT2D eigenvalue weighted by atomic mass is 35.5. The van der Waals surface area contributed by atoms with Gasteiger partial charge in [0.2, 0.25) is 5.91 Å². The van der Waals surface area contributed by atoms with Crippen molar-refractivity contribution in [2.75, 3.05) is 5.75 Å². The maximum absolute atomic E-state index is 12.0. The Balaban J connectivity index is 1.50. The number of nitrogens with zero attached hydrogens (tertiary/aromatic N) is 2. The van der Waals surface area contributed by atoms with E-state index in [4.69, 9.17) is 11.6 Å². The van der Waals surface area contributed by atoms with E-state index in [1.165, 1.54) is 11.8 Å². The Morgan fingerprint density at radius 1 is 1.12 bits per heavy atom. The minimum Gasteiger partial charge on any atom is -0.351 e. The molecule has 3 rings (SSSR count). The number of halogens is 1. The monoisotopic (exact) mass is 357 g/mol. The van der Waals surface area contributed by atoms with Gasteiger partial charge >= 0.3 is 0 Å². The molecule has 1 heterocycles. The SMILES string of the molecule is O=C(CSc1ccccc1Cl)NCc1cnn(-c2ccccc2)c1. The van der Waals surface area contributed by atoms with Crippen molar-refractivity contribution in [3.8, 4) is 5.69 Å². The second kappa shape index (κ2) is 8.04. The number of aromatic nitrogens is 2. The molecule has 0 radical (unpaired) electrons. The van der Waals surface area contributed by atoms with Crippen LogP contribution in [-0.2, 0) is 11.3 Å². The summed E-state index contributed by atoms with van der Waals surface area (Å²) in [6.45, 7) is 0.453. The fourth-order valence-electron chi connectivity index (χ4n) is 2.13. The third kappa shape index (κ3) is 4.40. The molecule has 0 spiro atoms. The molecule has 4 nitrogen and oxygen atoms in total. The van der Waals surface area contributed by atoms with Crippen molar-refractivity contribution in [2.45, 2.75) is 11.4 Å². The van der Waals surface area contributed by atoms with Gasteiger partial charge in [0.05, 0.1) is 22.7 Å². The summed E-state index contributed by atoms with van der Waals surface area (Å²) in [4.78, 5) is 12.9. The molecule has 24 heavy (non-hydrogen) atoms. The first-order valence-electron chi connectivity index (χ1n) is 7.45. The van der Waals surface area contributed by atoms with Gasteiger partial charge in [0, 0.05) is 23.2 Å². The Kier molecular flexibility index (Phi) is 5.56. The second-order valence-corrected chi connectivity index (χ2v) is 6.55. The van der Waals surface area contributed by atoms with Crippen molar-refractivity contribution < 1.29 is 4.79 Å². The number of hydrogen-bond acceptors (Lipinski definition) is 3. The van der Waals surface area contributed by atoms with E-state index >= 15 is 0 Å². The van der Waals surface area contributed by atoms with Gasteiger partial charge in [-0.15, -0.1) is 11.8 Å². The van der Waals surface area contributed by atoms with Gasteiger partial charge in [0.15, 0.2) is 0 Å². The maximum Gasteiger partial charge on any atom is 0.230 e. The Morgan fingerprint density at radius 3 is 2.67 bits per heavy atom. The number of rotatable bonds is 6. The summed E-state index contributed by atoms with van der Waals surface area (Å²) in [5.74, 6) is 0.295. The van der Waals surface area contributed by atoms with Crippen LogP contribution in [0.3, 0.4) is 0 Å². The molecule has 0 saturated carbocycles. The molecule has 0 unspecified atom stereocenters. The van der Waals surface area contributed by atoms with E-state index in [2.05, 4.69) is 10.4 Å². The molecule has 3 aromatic rings. The summed E-state index contributed by atoms with van der Waals surface area (Å²) in [6, 6.07) is 17.4. The Bertz CT molecular complexity index is 820. The van der Waals surface area contributed by atoms with Crippen LogP contribution in [0.25, 0.3) is 5.69 Å². The lowest BCUT2D eigenvalue weighted by atomic mass is 10.3. The van der Waals surface area contributed by atoms with Crippen LogP contribution in [-0.4, -0.2) is 21.4 Å². The fraction of sp³-hybridized carbons (Fsp3) is 0.111. The van der Waals surface area contributed by atoms with Crippen LogP contribution >= 0.6 is 23.4 Å². The topological polar surface area (TPSA) is 46.9 Å². The van der Waals surface area contributed by atoms with Crippen LogP contribution < -0.4 is 5.32 Å². The molecule has 1 N–H and O–H groups in total. The van der Waals surface area contributed by atoms with Gasteiger partial charge in [0.1, 0.15) is 0 Å². The molecule has 6 heteroatoms. The summed E-state index contributed by atoms with van der Waals surface area (Å²) in [6.07, 6.45) is 3.67. The van der Waals surface area contributed by atoms with Crippen LogP contribution in [0.5, 0.6) is 0 Å². The lowest BCUT2D eigenvalue weighted by Gasteiger charge is -2.05. The minimum atomic E-state index is -0.0348. The summed E-state index contributed by atoms with van der Waals surface area (Å²) < 4.78 is 1.79. The van der Waals surface area contributed by atoms with E-state index in [0.29, 0.717) is 17.3 Å². The number of carbonyl (C=O) groups is 1. The number of carbonyl (C=O) groups excluding carboxylic acids is 1. The number of para-hydroxylation sites is 1. The summed E-state index contributed by atoms with van der Waals surface area (Å²) in [5, 5.41) is 7.88. The average Bonchev–Trinajstić information content (AvgIpc) is 3.09. The molecule has 1 aromatic heterocycles. The van der Waals surface area contributed by atoms with Gasteiger partial charge in [-0.25, -0.2) is 4.68 Å². The van der Waals surface area contributed by atoms with Crippen molar-refractivity contribution in [2.24, 2.45) is 0 Å². The maximum atomic E-state index is 12.0. The number of amides is 1. The molecule has 0 aliphatic rings. The molecule has 0 aliphatic carbocycles. The van der Waals surface area contributed by atoms with Gasteiger partial charge in [0.25, 0.3) is 0 Å². The standard InChI is InChI=1S/C18H16ClN3OS/c19-16-8-4-5-9-17(16)24-13-18(23)20-10-14-11-21-22(12-14)15-6-2-1-3-7-15/h1-9,11-12H,10,13H2,(H,20,23). The highest BCUT2D eigenvalue weighted by molar-refractivity contribution is 8.00. The number of thioether (sulfide) groups is 1. The number of benzene rings is 2. The minimum absolute atomic E-state index is 0.0348. The van der Waals surface area contributed by atoms with Gasteiger partial charge in [-0.2, -0.15) is 5.10 Å². The van der Waals surface area contributed by atoms with Crippen LogP contribution in [0.15, 0.2) is 71.9 Å². The highest BCUT2D eigenvalue weighted by Gasteiger charge is 2.06. The smallest absolute Gasteiger partial charge is 0.230 e. The molecular formula is C18H16ClN3OS. The molecule has 0 saturated heterocycles. The van der Waals surface area contributed by atoms with Crippen LogP contribution in [0.4, 0.5) is 0 Å². The molecule has 1 amide bonds. The first-order chi connectivity index (χ1) is 11.7. The third-order valence-corrected chi connectivity index (χ3v) is 4.86. The quantitative estimate of drug-likeness (QED) is 0.680. The zero-order chi connectivity index (χ0) is 16.8. The van der Waals surface area contributed by atoms with Crippen molar-refractivity contribution in [3.05, 3.63) is 77.6 Å². The lowest BCUT2D eigenvalue weighted by molar-refractivity contribution is -0.118. The van der Waals surface area contributed by atoms with Gasteiger partial charge in [-0.3, -0.25) is 4.79 Å². The van der Waals surface area contributed by atoms with E-state index in [1.807, 2.05) is 60.8 Å². The predicted molar refractivity (Wildman–Crippen MR) is 97.6 cm³/mol. The Hall–Kier alpha value is -2.24. The van der Waals surface area contributed by atoms with Crippen LogP contribution in [0.2, 0.25) is 5.02 Å². The molecular weight excluding hydrogens is 342 g/mol. The van der Waals surface area contributed by atoms with Crippen molar-refractivity contribution >= 4 is 29.3 Å². The molecule has 0 aliphatic heterocycles. The Morgan fingerprint density at radius 2 is 1.88 bits per heavy atom. The summed E-state index contributed by atoms with van der Waals surface area (Å²) in [5.41, 5.74) is 1.94. The average molecular weight is 358 g/mol. The van der Waals surface area contributed by atoms with E-state index in [0.717, 1.165) is 16.1 Å². The zero-order valence-corrected chi connectivity index (χ0v) is 14.4. The predicted octanol–water partition coefficient (Wildman–Crippen LogP) is 3.93. The van der Waals surface area contributed by atoms with Gasteiger partial charge < -0.3 is 5.32 Å². The van der Waals surface area contributed by atoms with Crippen LogP contribution in [0, 0.1) is 0 Å². The van der Waals surface area contributed by atoms with Crippen molar-refractivity contribution in [3.63, 3.8) is 0 Å². The summed E-state index contributed by atoms with van der Waals surface area (Å²) in [7, 11) is 0. The van der Waals surface area contributed by atoms with Gasteiger partial charge in [-0.1, -0.05) is 41.9 Å². The van der Waals surface area contributed by atoms with E-state index in [1.54, 1.807) is 10.9 Å². The normalized spacial score (nSPS) is 10.5. The van der Waals surface area contributed by atoms with E-state index < -0.39 is 0 Å². The number of hydrogen-bond donors (Lipinski definition) is 1. The van der Waals surface area contributed by atoms with Gasteiger partial charge in [-0.05, 0) is 24.3 Å². The molecule has 0 atom stereocenters. The van der Waals surface area contributed by atoms with E-state index in [-0.39, 0.29) is 5.91 Å². The van der Waals surface area contributed by atoms with E-state index in [9.17, 15) is 4.79 Å². The molecule has 0 bridgehead atoms. The second-order valence-electron chi connectivity index (χ2n) is 5.12. The summed E-state index contributed by atoms with van der Waals surface area (Å²) >= 11 is 7.51. The Labute approximate surface area is 149 Å². The first-order valence-corrected chi connectivity index (χ1v) is 8.82. The van der Waals surface area contributed by atoms with Crippen molar-refractivity contribution in [1.82, 2.24) is 15.1 Å². The largest absolute Gasteiger partial charge is 0.351 e. The third-order valence-electron chi connectivity index (χ3n) is 3.34. The molecule has 2 aromatic carbocycles. The first kappa shape index (κ1) is 16.6. The highest BCUT2D eigenvalue weighted by Crippen LogP contribution is 2.26.